The lowest BCUT2D eigenvalue weighted by Crippen LogP contribution is -2.48. The van der Waals surface area contributed by atoms with Gasteiger partial charge in [-0.05, 0) is 39.8 Å². The van der Waals surface area contributed by atoms with Gasteiger partial charge >= 0.3 is 0 Å². The maximum Gasteiger partial charge on any atom is 0.223 e. The highest BCUT2D eigenvalue weighted by molar-refractivity contribution is 6.33. The van der Waals surface area contributed by atoms with Crippen molar-refractivity contribution < 1.29 is 26.8 Å². The number of nitrogens with zero attached hydrogens (tertiary/aromatic N) is 4. The highest BCUT2D eigenvalue weighted by atomic mass is 35.5. The van der Waals surface area contributed by atoms with Crippen molar-refractivity contribution in [1.82, 2.24) is 19.5 Å². The number of hydrogen-bond acceptors (Lipinski definition) is 8. The smallest absolute Gasteiger partial charge is 0.223 e. The van der Waals surface area contributed by atoms with Crippen LogP contribution in [0.2, 0.25) is 5.02 Å². The fraction of sp³-hybridized carbons (Fsp3) is 0.522. The molecule has 5 rings (SSSR count). The van der Waals surface area contributed by atoms with Crippen molar-refractivity contribution in [3.8, 4) is 11.3 Å². The molecule has 9 nitrogen and oxygen atoms in total. The molecule has 2 aliphatic rings. The van der Waals surface area contributed by atoms with E-state index in [9.17, 15) is 10.2 Å². The van der Waals surface area contributed by atoms with Crippen LogP contribution in [0.4, 0.5) is 10.3 Å². The number of aliphatic hydroxyl groups excluding tert-OH is 1. The van der Waals surface area contributed by atoms with Gasteiger partial charge in [-0.15, -0.1) is 0 Å². The molecule has 0 spiro atoms. The fourth-order valence-electron chi connectivity index (χ4n) is 4.29. The molecule has 0 radical (unpaired) electrons. The van der Waals surface area contributed by atoms with Gasteiger partial charge in [0, 0.05) is 20.7 Å². The topological polar surface area (TPSA) is 115 Å². The number of anilines is 1. The molecule has 2 bridgehead atoms. The van der Waals surface area contributed by atoms with E-state index in [4.69, 9.17) is 23.8 Å². The minimum absolute atomic E-state index is 0.00122. The third-order valence-electron chi connectivity index (χ3n) is 5.86. The van der Waals surface area contributed by atoms with Crippen LogP contribution in [-0.2, 0) is 15.1 Å². The Morgan fingerprint density at radius 2 is 2.12 bits per heavy atom. The summed E-state index contributed by atoms with van der Waals surface area (Å²) in [6.45, 7) is 7.07. The zero-order valence-electron chi connectivity index (χ0n) is 21.1. The molecule has 1 aromatic carbocycles. The van der Waals surface area contributed by atoms with Crippen LogP contribution in [0.5, 0.6) is 0 Å². The average Bonchev–Trinajstić information content (AvgIpc) is 3.41. The van der Waals surface area contributed by atoms with Gasteiger partial charge in [-0.3, -0.25) is 0 Å². The molecule has 0 unspecified atom stereocenters. The zero-order valence-corrected chi connectivity index (χ0v) is 19.8. The highest BCUT2D eigenvalue weighted by Gasteiger charge is 2.43. The number of aliphatic hydroxyl groups is 2. The first-order valence-corrected chi connectivity index (χ1v) is 11.4. The molecule has 182 valence electrons. The lowest BCUT2D eigenvalue weighted by molar-refractivity contribution is -0.123. The van der Waals surface area contributed by atoms with E-state index in [1.165, 1.54) is 12.3 Å². The number of hydrogen-bond donors (Lipinski definition) is 3. The predicted octanol–water partition coefficient (Wildman–Crippen LogP) is 3.38. The van der Waals surface area contributed by atoms with Crippen LogP contribution in [0.25, 0.3) is 22.3 Å². The van der Waals surface area contributed by atoms with Gasteiger partial charge in [-0.1, -0.05) is 11.6 Å². The summed E-state index contributed by atoms with van der Waals surface area (Å²) in [5.74, 6) is -0.285. The first kappa shape index (κ1) is 21.0. The summed E-state index contributed by atoms with van der Waals surface area (Å²) in [7, 11) is 0. The van der Waals surface area contributed by atoms with E-state index < -0.39 is 42.3 Å². The largest absolute Gasteiger partial charge is 0.388 e. The summed E-state index contributed by atoms with van der Waals surface area (Å²) in [5.41, 5.74) is -0.170. The Morgan fingerprint density at radius 3 is 2.82 bits per heavy atom. The third kappa shape index (κ3) is 4.03. The van der Waals surface area contributed by atoms with E-state index in [1.54, 1.807) is 24.5 Å². The number of ether oxygens (including phenoxy) is 2. The number of fused-ring (bicyclic) bond motifs is 3. The van der Waals surface area contributed by atoms with Crippen molar-refractivity contribution in [3.05, 3.63) is 35.0 Å². The van der Waals surface area contributed by atoms with Crippen LogP contribution in [0.15, 0.2) is 18.3 Å². The Kier molecular flexibility index (Phi) is 5.17. The quantitative estimate of drug-likeness (QED) is 0.495. The van der Waals surface area contributed by atoms with Gasteiger partial charge in [0.1, 0.15) is 29.2 Å². The normalized spacial score (nSPS) is 27.2. The van der Waals surface area contributed by atoms with Crippen molar-refractivity contribution in [2.24, 2.45) is 0 Å². The van der Waals surface area contributed by atoms with Crippen molar-refractivity contribution in [1.29, 1.82) is 0 Å². The maximum absolute atomic E-state index is 15.3. The summed E-state index contributed by atoms with van der Waals surface area (Å²) in [6.07, 6.45) is -3.77. The van der Waals surface area contributed by atoms with Gasteiger partial charge < -0.3 is 29.6 Å². The number of aromatic nitrogens is 4. The summed E-state index contributed by atoms with van der Waals surface area (Å²) >= 11 is 6.40. The zero-order chi connectivity index (χ0) is 26.2. The molecule has 3 aromatic rings. The van der Waals surface area contributed by atoms with Crippen LogP contribution in [0.1, 0.15) is 48.7 Å². The third-order valence-corrected chi connectivity index (χ3v) is 6.14. The molecule has 2 saturated heterocycles. The second-order valence-corrected chi connectivity index (χ2v) is 9.70. The Labute approximate surface area is 203 Å². The second kappa shape index (κ2) is 8.39. The molecule has 2 aliphatic heterocycles. The average molecular weight is 494 g/mol. The fourth-order valence-corrected chi connectivity index (χ4v) is 4.50. The highest BCUT2D eigenvalue weighted by Crippen LogP contribution is 2.35. The van der Waals surface area contributed by atoms with E-state index >= 15 is 4.39 Å². The SMILES string of the molecule is [2H]C1([2H])[C@H]2OC[C@H](O2)[C@@H](O)[C@@H]1Nc1ncc(Cl)c(-c2cc(F)c3nc(C(C)(C)O)n(C(C)C)c3c2)n1. The van der Waals surface area contributed by atoms with Gasteiger partial charge in [0.15, 0.2) is 12.1 Å². The predicted molar refractivity (Wildman–Crippen MR) is 124 cm³/mol. The molecule has 34 heavy (non-hydrogen) atoms. The van der Waals surface area contributed by atoms with E-state index in [2.05, 4.69) is 20.3 Å². The first-order chi connectivity index (χ1) is 16.8. The van der Waals surface area contributed by atoms with Crippen molar-refractivity contribution in [3.63, 3.8) is 0 Å². The lowest BCUT2D eigenvalue weighted by atomic mass is 10.0. The Balaban J connectivity index is 1.57. The van der Waals surface area contributed by atoms with Crippen molar-refractivity contribution >= 4 is 28.6 Å². The van der Waals surface area contributed by atoms with Crippen molar-refractivity contribution in [2.45, 2.75) is 70.3 Å². The molecule has 2 fully saturated rings. The summed E-state index contributed by atoms with van der Waals surface area (Å²) in [4.78, 5) is 12.9. The minimum atomic E-state index is -2.07. The van der Waals surface area contributed by atoms with Crippen LogP contribution in [0, 0.1) is 5.82 Å². The first-order valence-electron chi connectivity index (χ1n) is 12.0. The van der Waals surface area contributed by atoms with Crippen LogP contribution in [0.3, 0.4) is 0 Å². The lowest BCUT2D eigenvalue weighted by Gasteiger charge is -2.32. The standard InChI is InChI=1S/C23H27ClFN5O4/c1-10(2)30-15-6-11(5-13(25)19(15)28-21(30)23(3,4)32)18-12(24)8-26-22(29-18)27-14-7-17-33-9-16(34-17)20(14)31/h5-6,8,10,14,16-17,20,31-32H,7,9H2,1-4H3,(H,26,27,29)/t14-,16+,17+,20+/m1/s1/i7D2. The van der Waals surface area contributed by atoms with Gasteiger partial charge in [0.25, 0.3) is 0 Å². The van der Waals surface area contributed by atoms with Gasteiger partial charge in [-0.25, -0.2) is 19.3 Å². The molecule has 4 atom stereocenters. The molecule has 0 saturated carbocycles. The molecule has 4 heterocycles. The molecular formula is C23H27ClFN5O4. The Hall–Kier alpha value is -2.37. The summed E-state index contributed by atoms with van der Waals surface area (Å²) in [6, 6.07) is 1.70. The number of benzene rings is 1. The van der Waals surface area contributed by atoms with Gasteiger partial charge in [0.2, 0.25) is 5.95 Å². The molecule has 0 aliphatic carbocycles. The Bertz CT molecular complexity index is 1330. The minimum Gasteiger partial charge on any atom is -0.388 e. The number of halogens is 2. The molecule has 2 aromatic heterocycles. The van der Waals surface area contributed by atoms with Crippen LogP contribution in [-0.4, -0.2) is 60.9 Å². The molecule has 3 N–H and O–H groups in total. The maximum atomic E-state index is 15.3. The van der Waals surface area contributed by atoms with Crippen LogP contribution >= 0.6 is 11.6 Å². The summed E-state index contributed by atoms with van der Waals surface area (Å²) in [5, 5.41) is 24.2. The van der Waals surface area contributed by atoms with Gasteiger partial charge in [0.05, 0.1) is 35.1 Å². The Morgan fingerprint density at radius 1 is 1.35 bits per heavy atom. The van der Waals surface area contributed by atoms with E-state index in [0.29, 0.717) is 16.9 Å². The summed E-state index contributed by atoms with van der Waals surface area (Å²) < 4.78 is 44.5. The second-order valence-electron chi connectivity index (χ2n) is 9.29. The molecule has 11 heteroatoms. The number of imidazole rings is 1. The van der Waals surface area contributed by atoms with E-state index in [-0.39, 0.29) is 34.8 Å². The molecule has 0 amide bonds. The number of rotatable bonds is 5. The van der Waals surface area contributed by atoms with Crippen LogP contribution < -0.4 is 5.32 Å². The molecular weight excluding hydrogens is 465 g/mol. The van der Waals surface area contributed by atoms with Crippen molar-refractivity contribution in [2.75, 3.05) is 11.9 Å². The van der Waals surface area contributed by atoms with Gasteiger partial charge in [-0.2, -0.15) is 0 Å². The van der Waals surface area contributed by atoms with E-state index in [0.717, 1.165) is 0 Å². The number of nitrogens with one attached hydrogen (secondary N) is 1. The van der Waals surface area contributed by atoms with E-state index in [1.807, 2.05) is 13.8 Å². The monoisotopic (exact) mass is 493 g/mol.